The number of thioether (sulfide) groups is 1. The molecule has 4 heteroatoms. The predicted octanol–water partition coefficient (Wildman–Crippen LogP) is 3.61. The van der Waals surface area contributed by atoms with Crippen molar-refractivity contribution < 1.29 is 4.39 Å². The zero-order valence-corrected chi connectivity index (χ0v) is 12.1. The van der Waals surface area contributed by atoms with Gasteiger partial charge in [0.15, 0.2) is 0 Å². The summed E-state index contributed by atoms with van der Waals surface area (Å²) in [6.45, 7) is 2.95. The molecule has 17 heavy (non-hydrogen) atoms. The highest BCUT2D eigenvalue weighted by molar-refractivity contribution is 9.10. The van der Waals surface area contributed by atoms with E-state index in [1.807, 2.05) is 0 Å². The van der Waals surface area contributed by atoms with Gasteiger partial charge in [-0.2, -0.15) is 0 Å². The quantitative estimate of drug-likeness (QED) is 0.636. The predicted molar refractivity (Wildman–Crippen MR) is 76.7 cm³/mol. The highest BCUT2D eigenvalue weighted by Crippen LogP contribution is 2.24. The molecule has 0 saturated carbocycles. The molecule has 1 rings (SSSR count). The van der Waals surface area contributed by atoms with E-state index in [0.717, 1.165) is 28.1 Å². The van der Waals surface area contributed by atoms with Crippen LogP contribution in [0.15, 0.2) is 22.7 Å². The standard InChI is InChI=1S/C13H15BrFNS/c1-3-7-17-8-6-16-10(2)12-5-4-11(15)9-13(12)14/h1,4-5,9-10,16H,6-8H2,2H3. The van der Waals surface area contributed by atoms with Gasteiger partial charge in [-0.05, 0) is 24.6 Å². The number of terminal acetylenes is 1. The van der Waals surface area contributed by atoms with Crippen molar-refractivity contribution in [1.82, 2.24) is 5.32 Å². The fourth-order valence-electron chi connectivity index (χ4n) is 1.44. The van der Waals surface area contributed by atoms with Crippen LogP contribution < -0.4 is 5.32 Å². The van der Waals surface area contributed by atoms with Crippen LogP contribution in [0.3, 0.4) is 0 Å². The van der Waals surface area contributed by atoms with Gasteiger partial charge >= 0.3 is 0 Å². The first-order valence-corrected chi connectivity index (χ1v) is 7.29. The largest absolute Gasteiger partial charge is 0.309 e. The van der Waals surface area contributed by atoms with Crippen molar-refractivity contribution in [2.45, 2.75) is 13.0 Å². The number of benzene rings is 1. The van der Waals surface area contributed by atoms with Gasteiger partial charge in [0.2, 0.25) is 0 Å². The Labute approximate surface area is 115 Å². The zero-order chi connectivity index (χ0) is 12.7. The topological polar surface area (TPSA) is 12.0 Å². The molecule has 0 amide bonds. The van der Waals surface area contributed by atoms with Crippen LogP contribution in [0.5, 0.6) is 0 Å². The van der Waals surface area contributed by atoms with E-state index in [1.165, 1.54) is 12.1 Å². The highest BCUT2D eigenvalue weighted by atomic mass is 79.9. The zero-order valence-electron chi connectivity index (χ0n) is 9.67. The number of rotatable bonds is 6. The second-order valence-corrected chi connectivity index (χ2v) is 5.56. The minimum absolute atomic E-state index is 0.191. The summed E-state index contributed by atoms with van der Waals surface area (Å²) in [5, 5.41) is 3.38. The van der Waals surface area contributed by atoms with Crippen LogP contribution in [-0.4, -0.2) is 18.1 Å². The van der Waals surface area contributed by atoms with Gasteiger partial charge in [-0.25, -0.2) is 4.39 Å². The Hall–Kier alpha value is -0.500. The lowest BCUT2D eigenvalue weighted by Gasteiger charge is -2.15. The summed E-state index contributed by atoms with van der Waals surface area (Å²) in [5.74, 6) is 4.09. The highest BCUT2D eigenvalue weighted by Gasteiger charge is 2.08. The van der Waals surface area contributed by atoms with E-state index in [4.69, 9.17) is 6.42 Å². The Balaban J connectivity index is 2.42. The van der Waals surface area contributed by atoms with E-state index < -0.39 is 0 Å². The Morgan fingerprint density at radius 3 is 3.00 bits per heavy atom. The van der Waals surface area contributed by atoms with Gasteiger partial charge in [-0.15, -0.1) is 18.2 Å². The van der Waals surface area contributed by atoms with Gasteiger partial charge in [0, 0.05) is 22.8 Å². The van der Waals surface area contributed by atoms with Crippen LogP contribution in [0.2, 0.25) is 0 Å². The lowest BCUT2D eigenvalue weighted by atomic mass is 10.1. The fourth-order valence-corrected chi connectivity index (χ4v) is 2.66. The molecule has 0 aliphatic rings. The molecule has 0 bridgehead atoms. The molecule has 1 N–H and O–H groups in total. The first kappa shape index (κ1) is 14.6. The van der Waals surface area contributed by atoms with Gasteiger partial charge in [-0.3, -0.25) is 0 Å². The van der Waals surface area contributed by atoms with Crippen molar-refractivity contribution in [1.29, 1.82) is 0 Å². The molecule has 0 aliphatic carbocycles. The summed E-state index contributed by atoms with van der Waals surface area (Å²) < 4.78 is 13.7. The van der Waals surface area contributed by atoms with Crippen molar-refractivity contribution in [3.8, 4) is 12.3 Å². The molecule has 1 atom stereocenters. The van der Waals surface area contributed by atoms with E-state index >= 15 is 0 Å². The van der Waals surface area contributed by atoms with Crippen LogP contribution in [-0.2, 0) is 0 Å². The molecule has 0 spiro atoms. The summed E-state index contributed by atoms with van der Waals surface area (Å²) in [6, 6.07) is 4.95. The monoisotopic (exact) mass is 315 g/mol. The van der Waals surface area contributed by atoms with Gasteiger partial charge in [-0.1, -0.05) is 27.9 Å². The summed E-state index contributed by atoms with van der Waals surface area (Å²) in [4.78, 5) is 0. The van der Waals surface area contributed by atoms with Crippen LogP contribution in [0, 0.1) is 18.2 Å². The van der Waals surface area contributed by atoms with Crippen molar-refractivity contribution in [3.05, 3.63) is 34.1 Å². The van der Waals surface area contributed by atoms with Crippen LogP contribution >= 0.6 is 27.7 Å². The summed E-state index contributed by atoms with van der Waals surface area (Å²) in [7, 11) is 0. The normalized spacial score (nSPS) is 12.1. The first-order valence-electron chi connectivity index (χ1n) is 5.34. The molecule has 0 aromatic heterocycles. The third-order valence-electron chi connectivity index (χ3n) is 2.31. The van der Waals surface area contributed by atoms with Crippen molar-refractivity contribution in [2.24, 2.45) is 0 Å². The summed E-state index contributed by atoms with van der Waals surface area (Å²) >= 11 is 5.10. The SMILES string of the molecule is C#CCSCCNC(C)c1ccc(F)cc1Br. The molecule has 92 valence electrons. The van der Waals surface area contributed by atoms with E-state index in [2.05, 4.69) is 34.1 Å². The molecular formula is C13H15BrFNS. The second-order valence-electron chi connectivity index (χ2n) is 3.60. The minimum Gasteiger partial charge on any atom is -0.309 e. The lowest BCUT2D eigenvalue weighted by Crippen LogP contribution is -2.21. The fraction of sp³-hybridized carbons (Fsp3) is 0.385. The Kier molecular flexibility index (Phi) is 6.64. The van der Waals surface area contributed by atoms with Crippen molar-refractivity contribution >= 4 is 27.7 Å². The van der Waals surface area contributed by atoms with E-state index in [-0.39, 0.29) is 11.9 Å². The number of nitrogens with one attached hydrogen (secondary N) is 1. The minimum atomic E-state index is -0.225. The molecule has 0 fully saturated rings. The molecule has 1 aromatic rings. The molecule has 0 radical (unpaired) electrons. The van der Waals surface area contributed by atoms with Gasteiger partial charge in [0.1, 0.15) is 5.82 Å². The molecule has 0 heterocycles. The maximum absolute atomic E-state index is 12.9. The average Bonchev–Trinajstić information content (AvgIpc) is 2.28. The molecule has 1 nitrogen and oxygen atoms in total. The van der Waals surface area contributed by atoms with Crippen molar-refractivity contribution in [3.63, 3.8) is 0 Å². The van der Waals surface area contributed by atoms with E-state index in [1.54, 1.807) is 17.8 Å². The maximum atomic E-state index is 12.9. The average molecular weight is 316 g/mol. The van der Waals surface area contributed by atoms with Crippen LogP contribution in [0.4, 0.5) is 4.39 Å². The molecule has 0 saturated heterocycles. The molecule has 0 aliphatic heterocycles. The van der Waals surface area contributed by atoms with Crippen LogP contribution in [0.25, 0.3) is 0 Å². The molecule has 1 unspecified atom stereocenters. The van der Waals surface area contributed by atoms with Gasteiger partial charge < -0.3 is 5.32 Å². The summed E-state index contributed by atoms with van der Waals surface area (Å²) in [6.07, 6.45) is 5.16. The number of hydrogen-bond acceptors (Lipinski definition) is 2. The molecule has 1 aromatic carbocycles. The Bertz CT molecular complexity index is 403. The maximum Gasteiger partial charge on any atom is 0.124 e. The van der Waals surface area contributed by atoms with Crippen LogP contribution in [0.1, 0.15) is 18.5 Å². The summed E-state index contributed by atoms with van der Waals surface area (Å²) in [5.41, 5.74) is 1.06. The van der Waals surface area contributed by atoms with E-state index in [9.17, 15) is 4.39 Å². The smallest absolute Gasteiger partial charge is 0.124 e. The third kappa shape index (κ3) is 5.12. The van der Waals surface area contributed by atoms with Gasteiger partial charge in [0.25, 0.3) is 0 Å². The second kappa shape index (κ2) is 7.75. The van der Waals surface area contributed by atoms with Crippen molar-refractivity contribution in [2.75, 3.05) is 18.1 Å². The van der Waals surface area contributed by atoms with E-state index in [0.29, 0.717) is 0 Å². The Morgan fingerprint density at radius 1 is 1.59 bits per heavy atom. The number of halogens is 2. The Morgan fingerprint density at radius 2 is 2.35 bits per heavy atom. The third-order valence-corrected chi connectivity index (χ3v) is 3.86. The number of hydrogen-bond donors (Lipinski definition) is 1. The first-order chi connectivity index (χ1) is 8.15. The molecular weight excluding hydrogens is 301 g/mol. The van der Waals surface area contributed by atoms with Gasteiger partial charge in [0.05, 0.1) is 5.75 Å². The lowest BCUT2D eigenvalue weighted by molar-refractivity contribution is 0.591.